The first-order valence-electron chi connectivity index (χ1n) is 8.36. The lowest BCUT2D eigenvalue weighted by atomic mass is 10.2. The molecule has 1 aliphatic heterocycles. The van der Waals surface area contributed by atoms with Crippen LogP contribution >= 0.6 is 11.3 Å². The molecule has 2 heterocycles. The summed E-state index contributed by atoms with van der Waals surface area (Å²) >= 11 is 1.21. The zero-order valence-electron chi connectivity index (χ0n) is 14.8. The molecule has 1 unspecified atom stereocenters. The molecule has 27 heavy (non-hydrogen) atoms. The van der Waals surface area contributed by atoms with Crippen molar-refractivity contribution in [2.45, 2.75) is 32.5 Å². The van der Waals surface area contributed by atoms with Crippen LogP contribution in [0.2, 0.25) is 0 Å². The van der Waals surface area contributed by atoms with Gasteiger partial charge in [0.25, 0.3) is 0 Å². The number of ether oxygens (including phenoxy) is 1. The standard InChI is InChI=1S/C17H19FN4O4S/c1-9(23)5-15-20-21-16(27-15)13-4-3-11(6-14(13)18)22-8-12(26-17(22)25)7-19-10(2)24/h3-4,6,9,12,23H,5,7-8H2,1-2H3,(H,19,24)/t9?,12-/m0/s1. The normalized spacial score (nSPS) is 17.7. The number of amides is 2. The van der Waals surface area contributed by atoms with Crippen molar-refractivity contribution >= 4 is 29.0 Å². The van der Waals surface area contributed by atoms with E-state index in [1.807, 2.05) is 0 Å². The van der Waals surface area contributed by atoms with Gasteiger partial charge in [-0.2, -0.15) is 0 Å². The third-order valence-electron chi connectivity index (χ3n) is 3.88. The Morgan fingerprint density at radius 3 is 2.96 bits per heavy atom. The number of nitrogens with one attached hydrogen (secondary N) is 1. The van der Waals surface area contributed by atoms with E-state index in [2.05, 4.69) is 15.5 Å². The van der Waals surface area contributed by atoms with Gasteiger partial charge >= 0.3 is 6.09 Å². The Bertz CT molecular complexity index is 857. The van der Waals surface area contributed by atoms with Crippen LogP contribution in [0.4, 0.5) is 14.9 Å². The van der Waals surface area contributed by atoms with E-state index in [1.165, 1.54) is 35.3 Å². The predicted molar refractivity (Wildman–Crippen MR) is 97.0 cm³/mol. The number of carbonyl (C=O) groups excluding carboxylic acids is 2. The maximum absolute atomic E-state index is 14.6. The molecule has 10 heteroatoms. The molecule has 1 aromatic carbocycles. The Hall–Kier alpha value is -2.59. The number of benzene rings is 1. The van der Waals surface area contributed by atoms with Crippen LogP contribution in [-0.2, 0) is 16.0 Å². The van der Waals surface area contributed by atoms with Gasteiger partial charge in [0.2, 0.25) is 5.91 Å². The van der Waals surface area contributed by atoms with Gasteiger partial charge in [-0.15, -0.1) is 10.2 Å². The summed E-state index contributed by atoms with van der Waals surface area (Å²) in [6.45, 7) is 3.44. The molecule has 0 radical (unpaired) electrons. The van der Waals surface area contributed by atoms with Gasteiger partial charge in [0.05, 0.1) is 24.9 Å². The number of hydrogen-bond acceptors (Lipinski definition) is 7. The SMILES string of the molecule is CC(=O)NC[C@H]1CN(c2ccc(-c3nnc(CC(C)O)s3)c(F)c2)C(=O)O1. The van der Waals surface area contributed by atoms with Crippen LogP contribution in [0.15, 0.2) is 18.2 Å². The number of cyclic esters (lactones) is 1. The molecule has 144 valence electrons. The number of rotatable bonds is 6. The number of anilines is 1. The first-order valence-corrected chi connectivity index (χ1v) is 9.18. The highest BCUT2D eigenvalue weighted by atomic mass is 32.1. The minimum absolute atomic E-state index is 0.203. The van der Waals surface area contributed by atoms with Gasteiger partial charge < -0.3 is 15.2 Å². The lowest BCUT2D eigenvalue weighted by Gasteiger charge is -2.14. The summed E-state index contributed by atoms with van der Waals surface area (Å²) in [5.74, 6) is -0.753. The Balaban J connectivity index is 1.74. The summed E-state index contributed by atoms with van der Waals surface area (Å²) in [6, 6.07) is 4.38. The predicted octanol–water partition coefficient (Wildman–Crippen LogP) is 1.73. The minimum atomic E-state index is -0.590. The highest BCUT2D eigenvalue weighted by Crippen LogP contribution is 2.31. The number of aliphatic hydroxyl groups excluding tert-OH is 1. The number of halogens is 1. The number of carbonyl (C=O) groups is 2. The van der Waals surface area contributed by atoms with Gasteiger partial charge in [0.1, 0.15) is 16.9 Å². The molecule has 0 spiro atoms. The molecular weight excluding hydrogens is 375 g/mol. The quantitative estimate of drug-likeness (QED) is 0.773. The van der Waals surface area contributed by atoms with Crippen LogP contribution in [0.3, 0.4) is 0 Å². The van der Waals surface area contributed by atoms with Crippen LogP contribution in [0, 0.1) is 5.82 Å². The molecule has 0 saturated carbocycles. The summed E-state index contributed by atoms with van der Waals surface area (Å²) < 4.78 is 19.8. The summed E-state index contributed by atoms with van der Waals surface area (Å²) in [6.07, 6.45) is -1.28. The summed E-state index contributed by atoms with van der Waals surface area (Å²) in [5.41, 5.74) is 0.635. The second-order valence-electron chi connectivity index (χ2n) is 6.27. The van der Waals surface area contributed by atoms with E-state index in [9.17, 15) is 19.1 Å². The Morgan fingerprint density at radius 2 is 2.30 bits per heavy atom. The van der Waals surface area contributed by atoms with Gasteiger partial charge in [-0.3, -0.25) is 9.69 Å². The average Bonchev–Trinajstić information content (AvgIpc) is 3.19. The van der Waals surface area contributed by atoms with Crippen LogP contribution < -0.4 is 10.2 Å². The molecule has 1 saturated heterocycles. The molecule has 0 bridgehead atoms. The van der Waals surface area contributed by atoms with E-state index in [1.54, 1.807) is 13.0 Å². The van der Waals surface area contributed by atoms with Crippen molar-refractivity contribution < 1.29 is 23.8 Å². The van der Waals surface area contributed by atoms with Gasteiger partial charge in [-0.1, -0.05) is 11.3 Å². The number of aliphatic hydroxyl groups is 1. The number of nitrogens with zero attached hydrogens (tertiary/aromatic N) is 3. The van der Waals surface area contributed by atoms with Crippen LogP contribution in [0.1, 0.15) is 18.9 Å². The number of hydrogen-bond donors (Lipinski definition) is 2. The van der Waals surface area contributed by atoms with Crippen molar-refractivity contribution in [1.29, 1.82) is 0 Å². The molecule has 1 aromatic heterocycles. The molecule has 2 amide bonds. The largest absolute Gasteiger partial charge is 0.442 e. The van der Waals surface area contributed by atoms with Crippen molar-refractivity contribution in [3.05, 3.63) is 29.0 Å². The van der Waals surface area contributed by atoms with Crippen molar-refractivity contribution in [3.8, 4) is 10.6 Å². The highest BCUT2D eigenvalue weighted by Gasteiger charge is 2.32. The van der Waals surface area contributed by atoms with Crippen molar-refractivity contribution in [2.24, 2.45) is 0 Å². The molecule has 1 fully saturated rings. The third-order valence-corrected chi connectivity index (χ3v) is 4.86. The molecule has 1 aliphatic rings. The Morgan fingerprint density at radius 1 is 1.52 bits per heavy atom. The first kappa shape index (κ1) is 19.2. The maximum Gasteiger partial charge on any atom is 0.414 e. The molecule has 2 aromatic rings. The second-order valence-corrected chi connectivity index (χ2v) is 7.33. The lowest BCUT2D eigenvalue weighted by molar-refractivity contribution is -0.119. The average molecular weight is 394 g/mol. The number of aromatic nitrogens is 2. The zero-order valence-corrected chi connectivity index (χ0v) is 15.6. The fourth-order valence-electron chi connectivity index (χ4n) is 2.64. The van der Waals surface area contributed by atoms with E-state index < -0.39 is 24.1 Å². The Kier molecular flexibility index (Phi) is 5.66. The monoisotopic (exact) mass is 394 g/mol. The summed E-state index contributed by atoms with van der Waals surface area (Å²) in [7, 11) is 0. The topological polar surface area (TPSA) is 105 Å². The molecular formula is C17H19FN4O4S. The van der Waals surface area contributed by atoms with E-state index in [4.69, 9.17) is 4.74 Å². The molecule has 2 atom stereocenters. The Labute approximate surface area is 159 Å². The summed E-state index contributed by atoms with van der Waals surface area (Å²) in [5, 5.41) is 20.9. The maximum atomic E-state index is 14.6. The minimum Gasteiger partial charge on any atom is -0.442 e. The van der Waals surface area contributed by atoms with E-state index in [0.29, 0.717) is 22.1 Å². The molecule has 8 nitrogen and oxygen atoms in total. The fourth-order valence-corrected chi connectivity index (χ4v) is 3.63. The van der Waals surface area contributed by atoms with E-state index in [0.717, 1.165) is 0 Å². The van der Waals surface area contributed by atoms with Crippen LogP contribution in [0.5, 0.6) is 0 Å². The second kappa shape index (κ2) is 7.97. The highest BCUT2D eigenvalue weighted by molar-refractivity contribution is 7.14. The van der Waals surface area contributed by atoms with Gasteiger partial charge in [0, 0.05) is 18.9 Å². The third kappa shape index (κ3) is 4.58. The van der Waals surface area contributed by atoms with Crippen LogP contribution in [0.25, 0.3) is 10.6 Å². The van der Waals surface area contributed by atoms with E-state index in [-0.39, 0.29) is 24.6 Å². The van der Waals surface area contributed by atoms with Crippen molar-refractivity contribution in [1.82, 2.24) is 15.5 Å². The van der Waals surface area contributed by atoms with Crippen molar-refractivity contribution in [2.75, 3.05) is 18.0 Å². The van der Waals surface area contributed by atoms with Gasteiger partial charge in [-0.25, -0.2) is 9.18 Å². The lowest BCUT2D eigenvalue weighted by Crippen LogP contribution is -2.33. The molecule has 0 aliphatic carbocycles. The van der Waals surface area contributed by atoms with Crippen molar-refractivity contribution in [3.63, 3.8) is 0 Å². The fraction of sp³-hybridized carbons (Fsp3) is 0.412. The van der Waals surface area contributed by atoms with Crippen LogP contribution in [-0.4, -0.2) is 52.6 Å². The zero-order chi connectivity index (χ0) is 19.6. The first-order chi connectivity index (χ1) is 12.8. The summed E-state index contributed by atoms with van der Waals surface area (Å²) in [4.78, 5) is 24.3. The van der Waals surface area contributed by atoms with Gasteiger partial charge in [0.15, 0.2) is 5.01 Å². The molecule has 2 N–H and O–H groups in total. The smallest absolute Gasteiger partial charge is 0.414 e. The van der Waals surface area contributed by atoms with Gasteiger partial charge in [-0.05, 0) is 25.1 Å². The molecule has 3 rings (SSSR count). The van der Waals surface area contributed by atoms with E-state index >= 15 is 0 Å².